The summed E-state index contributed by atoms with van der Waals surface area (Å²) in [5, 5.41) is 2.82. The lowest BCUT2D eigenvalue weighted by Gasteiger charge is -2.25. The van der Waals surface area contributed by atoms with Crippen LogP contribution >= 0.6 is 0 Å². The third-order valence-corrected chi connectivity index (χ3v) is 5.22. The molecule has 1 aliphatic rings. The normalized spacial score (nSPS) is 16.0. The molecule has 2 aromatic carbocycles. The second kappa shape index (κ2) is 10.1. The summed E-state index contributed by atoms with van der Waals surface area (Å²) in [6.07, 6.45) is 0.918. The molecule has 0 spiro atoms. The summed E-state index contributed by atoms with van der Waals surface area (Å²) in [6, 6.07) is 16.5. The molecule has 3 rings (SSSR count). The van der Waals surface area contributed by atoms with Gasteiger partial charge in [-0.15, -0.1) is 0 Å². The van der Waals surface area contributed by atoms with E-state index in [-0.39, 0.29) is 11.8 Å². The van der Waals surface area contributed by atoms with Crippen molar-refractivity contribution in [2.75, 3.05) is 33.3 Å². The Hall–Kier alpha value is -2.86. The van der Waals surface area contributed by atoms with Crippen molar-refractivity contribution in [1.29, 1.82) is 0 Å². The molecule has 0 radical (unpaired) electrons. The molecule has 0 saturated carbocycles. The SMILES string of the molecule is COc1ccc(CN2CCCN(C(=O)C(C)NC(=O)c3ccccc3)CC2)cc1. The molecule has 154 valence electrons. The Balaban J connectivity index is 1.51. The molecule has 0 aromatic heterocycles. The predicted octanol–water partition coefficient (Wildman–Crippen LogP) is 2.55. The number of rotatable bonds is 6. The van der Waals surface area contributed by atoms with Crippen molar-refractivity contribution in [3.05, 3.63) is 65.7 Å². The monoisotopic (exact) mass is 395 g/mol. The highest BCUT2D eigenvalue weighted by molar-refractivity contribution is 5.97. The topological polar surface area (TPSA) is 61.9 Å². The molecule has 1 N–H and O–H groups in total. The number of nitrogens with one attached hydrogen (secondary N) is 1. The van der Waals surface area contributed by atoms with Gasteiger partial charge in [0.15, 0.2) is 0 Å². The van der Waals surface area contributed by atoms with Crippen LogP contribution < -0.4 is 10.1 Å². The van der Waals surface area contributed by atoms with E-state index in [0.29, 0.717) is 18.7 Å². The number of carbonyl (C=O) groups is 2. The summed E-state index contributed by atoms with van der Waals surface area (Å²) in [5.74, 6) is 0.607. The van der Waals surface area contributed by atoms with E-state index < -0.39 is 6.04 Å². The van der Waals surface area contributed by atoms with Gasteiger partial charge in [-0.1, -0.05) is 30.3 Å². The number of nitrogens with zero attached hydrogens (tertiary/aromatic N) is 2. The minimum atomic E-state index is -0.546. The van der Waals surface area contributed by atoms with Crippen LogP contribution in [0.3, 0.4) is 0 Å². The lowest BCUT2D eigenvalue weighted by Crippen LogP contribution is -2.48. The second-order valence-electron chi connectivity index (χ2n) is 7.36. The molecular formula is C23H29N3O3. The lowest BCUT2D eigenvalue weighted by molar-refractivity contribution is -0.132. The van der Waals surface area contributed by atoms with E-state index in [9.17, 15) is 9.59 Å². The van der Waals surface area contributed by atoms with Gasteiger partial charge in [0.05, 0.1) is 7.11 Å². The third kappa shape index (κ3) is 5.81. The standard InChI is InChI=1S/C23H29N3O3/c1-18(24-22(27)20-7-4-3-5-8-20)23(28)26-14-6-13-25(15-16-26)17-19-9-11-21(29-2)12-10-19/h3-5,7-12,18H,6,13-17H2,1-2H3,(H,24,27). The van der Waals surface area contributed by atoms with Gasteiger partial charge in [-0.2, -0.15) is 0 Å². The molecule has 2 aromatic rings. The first-order valence-electron chi connectivity index (χ1n) is 10.1. The summed E-state index contributed by atoms with van der Waals surface area (Å²) in [5.41, 5.74) is 1.79. The smallest absolute Gasteiger partial charge is 0.251 e. The summed E-state index contributed by atoms with van der Waals surface area (Å²) in [6.45, 7) is 5.75. The first kappa shape index (κ1) is 20.9. The van der Waals surface area contributed by atoms with Crippen molar-refractivity contribution in [1.82, 2.24) is 15.1 Å². The molecule has 1 unspecified atom stereocenters. The van der Waals surface area contributed by atoms with Gasteiger partial charge in [-0.3, -0.25) is 14.5 Å². The van der Waals surface area contributed by atoms with Crippen molar-refractivity contribution in [3.63, 3.8) is 0 Å². The Morgan fingerprint density at radius 1 is 1.00 bits per heavy atom. The van der Waals surface area contributed by atoms with Crippen molar-refractivity contribution >= 4 is 11.8 Å². The van der Waals surface area contributed by atoms with Gasteiger partial charge in [-0.05, 0) is 43.2 Å². The van der Waals surface area contributed by atoms with Crippen molar-refractivity contribution in [2.24, 2.45) is 0 Å². The average molecular weight is 396 g/mol. The van der Waals surface area contributed by atoms with E-state index in [0.717, 1.165) is 31.8 Å². The maximum absolute atomic E-state index is 12.8. The van der Waals surface area contributed by atoms with Gasteiger partial charge in [0.2, 0.25) is 5.91 Å². The van der Waals surface area contributed by atoms with Crippen LogP contribution in [0, 0.1) is 0 Å². The molecule has 2 amide bonds. The molecule has 1 atom stereocenters. The van der Waals surface area contributed by atoms with Crippen LogP contribution in [0.25, 0.3) is 0 Å². The Kier molecular flexibility index (Phi) is 7.25. The van der Waals surface area contributed by atoms with Gasteiger partial charge in [0.25, 0.3) is 5.91 Å². The largest absolute Gasteiger partial charge is 0.497 e. The number of amides is 2. The highest BCUT2D eigenvalue weighted by Gasteiger charge is 2.24. The third-order valence-electron chi connectivity index (χ3n) is 5.22. The van der Waals surface area contributed by atoms with E-state index in [1.807, 2.05) is 35.2 Å². The molecule has 29 heavy (non-hydrogen) atoms. The molecular weight excluding hydrogens is 366 g/mol. The Morgan fingerprint density at radius 2 is 1.72 bits per heavy atom. The Labute approximate surface area is 172 Å². The van der Waals surface area contributed by atoms with Crippen molar-refractivity contribution in [3.8, 4) is 5.75 Å². The van der Waals surface area contributed by atoms with Crippen molar-refractivity contribution < 1.29 is 14.3 Å². The zero-order chi connectivity index (χ0) is 20.6. The van der Waals surface area contributed by atoms with Crippen LogP contribution in [-0.4, -0.2) is 60.9 Å². The average Bonchev–Trinajstić information content (AvgIpc) is 3.00. The lowest BCUT2D eigenvalue weighted by atomic mass is 10.2. The summed E-state index contributed by atoms with van der Waals surface area (Å²) < 4.78 is 5.21. The van der Waals surface area contributed by atoms with E-state index in [4.69, 9.17) is 4.74 Å². The summed E-state index contributed by atoms with van der Waals surface area (Å²) in [4.78, 5) is 29.4. The fraction of sp³-hybridized carbons (Fsp3) is 0.391. The maximum Gasteiger partial charge on any atom is 0.251 e. The Morgan fingerprint density at radius 3 is 2.41 bits per heavy atom. The van der Waals surface area contributed by atoms with Crippen LogP contribution in [0.5, 0.6) is 5.75 Å². The van der Waals surface area contributed by atoms with Gasteiger partial charge in [0.1, 0.15) is 11.8 Å². The minimum absolute atomic E-state index is 0.0272. The quantitative estimate of drug-likeness (QED) is 0.817. The van der Waals surface area contributed by atoms with Crippen LogP contribution in [0.1, 0.15) is 29.3 Å². The Bertz CT molecular complexity index is 808. The molecule has 6 nitrogen and oxygen atoms in total. The fourth-order valence-corrected chi connectivity index (χ4v) is 3.54. The highest BCUT2D eigenvalue weighted by atomic mass is 16.5. The molecule has 1 aliphatic heterocycles. The zero-order valence-electron chi connectivity index (χ0n) is 17.1. The fourth-order valence-electron chi connectivity index (χ4n) is 3.54. The number of carbonyl (C=O) groups excluding carboxylic acids is 2. The number of methoxy groups -OCH3 is 1. The van der Waals surface area contributed by atoms with Gasteiger partial charge >= 0.3 is 0 Å². The molecule has 6 heteroatoms. The summed E-state index contributed by atoms with van der Waals surface area (Å²) in [7, 11) is 1.67. The van der Waals surface area contributed by atoms with E-state index in [1.54, 1.807) is 26.2 Å². The number of hydrogen-bond donors (Lipinski definition) is 1. The number of benzene rings is 2. The highest BCUT2D eigenvalue weighted by Crippen LogP contribution is 2.14. The van der Waals surface area contributed by atoms with Gasteiger partial charge in [0, 0.05) is 38.3 Å². The zero-order valence-corrected chi connectivity index (χ0v) is 17.1. The molecule has 1 fully saturated rings. The first-order chi connectivity index (χ1) is 14.1. The first-order valence-corrected chi connectivity index (χ1v) is 10.1. The van der Waals surface area contributed by atoms with Crippen LogP contribution in [0.2, 0.25) is 0 Å². The second-order valence-corrected chi connectivity index (χ2v) is 7.36. The molecule has 0 aliphatic carbocycles. The van der Waals surface area contributed by atoms with Gasteiger partial charge < -0.3 is 15.0 Å². The molecule has 1 saturated heterocycles. The molecule has 0 bridgehead atoms. The van der Waals surface area contributed by atoms with E-state index >= 15 is 0 Å². The van der Waals surface area contributed by atoms with Gasteiger partial charge in [-0.25, -0.2) is 0 Å². The van der Waals surface area contributed by atoms with Crippen LogP contribution in [0.15, 0.2) is 54.6 Å². The minimum Gasteiger partial charge on any atom is -0.497 e. The maximum atomic E-state index is 12.8. The van der Waals surface area contributed by atoms with E-state index in [2.05, 4.69) is 22.3 Å². The molecule has 1 heterocycles. The van der Waals surface area contributed by atoms with E-state index in [1.165, 1.54) is 5.56 Å². The predicted molar refractivity (Wildman–Crippen MR) is 113 cm³/mol. The van der Waals surface area contributed by atoms with Crippen molar-refractivity contribution in [2.45, 2.75) is 25.9 Å². The number of hydrogen-bond acceptors (Lipinski definition) is 4. The van der Waals surface area contributed by atoms with Crippen LogP contribution in [0.4, 0.5) is 0 Å². The van der Waals surface area contributed by atoms with Crippen LogP contribution in [-0.2, 0) is 11.3 Å². The number of ether oxygens (including phenoxy) is 1. The summed E-state index contributed by atoms with van der Waals surface area (Å²) >= 11 is 0.